The number of ether oxygens (including phenoxy) is 8. The Bertz CT molecular complexity index is 1120. The van der Waals surface area contributed by atoms with Crippen LogP contribution in [-0.4, -0.2) is 91.2 Å². The van der Waals surface area contributed by atoms with E-state index in [-0.39, 0.29) is 24.9 Å². The zero-order chi connectivity index (χ0) is 31.6. The van der Waals surface area contributed by atoms with Crippen LogP contribution in [0, 0.1) is 0 Å². The van der Waals surface area contributed by atoms with E-state index in [1.54, 1.807) is 35.4 Å². The molecule has 44 heavy (non-hydrogen) atoms. The van der Waals surface area contributed by atoms with Crippen LogP contribution < -0.4 is 14.2 Å². The summed E-state index contributed by atoms with van der Waals surface area (Å²) in [7, 11) is 8.27. The van der Waals surface area contributed by atoms with E-state index in [1.165, 1.54) is 4.90 Å². The van der Waals surface area contributed by atoms with E-state index in [1.807, 2.05) is 54.6 Å². The number of hydrogen-bond donors (Lipinski definition) is 0. The van der Waals surface area contributed by atoms with Crippen molar-refractivity contribution in [1.82, 2.24) is 4.90 Å². The highest BCUT2D eigenvalue weighted by Gasteiger charge is 2.24. The van der Waals surface area contributed by atoms with Gasteiger partial charge in [0.2, 0.25) is 5.91 Å². The molecule has 1 fully saturated rings. The Balaban J connectivity index is 1.67. The minimum absolute atomic E-state index is 0.0573. The lowest BCUT2D eigenvalue weighted by atomic mass is 10.1. The molecular formula is C34H49NO9. The fourth-order valence-corrected chi connectivity index (χ4v) is 4.60. The molecule has 0 saturated carbocycles. The molecule has 0 aliphatic carbocycles. The van der Waals surface area contributed by atoms with Crippen molar-refractivity contribution in [2.24, 2.45) is 0 Å². The Hall–Kier alpha value is -3.15. The fraction of sp³-hybridized carbons (Fsp3) is 0.559. The predicted molar refractivity (Wildman–Crippen MR) is 167 cm³/mol. The van der Waals surface area contributed by atoms with Gasteiger partial charge in [0.1, 0.15) is 12.4 Å². The topological polar surface area (TPSA) is 94.2 Å². The van der Waals surface area contributed by atoms with Gasteiger partial charge in [-0.15, -0.1) is 0 Å². The normalized spacial score (nSPS) is 16.4. The SMILES string of the molecule is COc1ccc(COCC[C@H](OCC(=O)N(C)C)[C@@H](C/C=C\COC2CCCCO2)OCc2ccc(OC)c(OC)c2)cc1. The number of methoxy groups -OCH3 is 3. The first-order chi connectivity index (χ1) is 21.4. The van der Waals surface area contributed by atoms with Gasteiger partial charge < -0.3 is 42.8 Å². The summed E-state index contributed by atoms with van der Waals surface area (Å²) in [4.78, 5) is 14.0. The number of amides is 1. The first-order valence-corrected chi connectivity index (χ1v) is 15.2. The maximum atomic E-state index is 12.4. The summed E-state index contributed by atoms with van der Waals surface area (Å²) in [6.45, 7) is 2.33. The van der Waals surface area contributed by atoms with Crippen LogP contribution in [0.4, 0.5) is 0 Å². The van der Waals surface area contributed by atoms with Crippen LogP contribution in [0.1, 0.15) is 43.2 Å². The van der Waals surface area contributed by atoms with Gasteiger partial charge in [0.15, 0.2) is 17.8 Å². The highest BCUT2D eigenvalue weighted by atomic mass is 16.7. The first kappa shape index (κ1) is 35.3. The lowest BCUT2D eigenvalue weighted by molar-refractivity contribution is -0.155. The zero-order valence-electron chi connectivity index (χ0n) is 26.8. The molecule has 1 heterocycles. The van der Waals surface area contributed by atoms with Crippen molar-refractivity contribution in [3.8, 4) is 17.2 Å². The van der Waals surface area contributed by atoms with Crippen LogP contribution in [0.15, 0.2) is 54.6 Å². The van der Waals surface area contributed by atoms with E-state index >= 15 is 0 Å². The van der Waals surface area contributed by atoms with Crippen molar-refractivity contribution in [2.45, 2.75) is 63.8 Å². The molecule has 0 radical (unpaired) electrons. The van der Waals surface area contributed by atoms with Crippen molar-refractivity contribution in [3.63, 3.8) is 0 Å². The number of carbonyl (C=O) groups excluding carboxylic acids is 1. The number of hydrogen-bond acceptors (Lipinski definition) is 9. The Morgan fingerprint density at radius 3 is 2.36 bits per heavy atom. The molecule has 0 spiro atoms. The van der Waals surface area contributed by atoms with E-state index in [2.05, 4.69) is 0 Å². The monoisotopic (exact) mass is 615 g/mol. The minimum Gasteiger partial charge on any atom is -0.497 e. The van der Waals surface area contributed by atoms with Gasteiger partial charge >= 0.3 is 0 Å². The molecule has 0 aromatic heterocycles. The summed E-state index contributed by atoms with van der Waals surface area (Å²) in [5.74, 6) is 1.95. The molecular weight excluding hydrogens is 566 g/mol. The third-order valence-corrected chi connectivity index (χ3v) is 7.27. The van der Waals surface area contributed by atoms with Gasteiger partial charge in [-0.3, -0.25) is 4.79 Å². The van der Waals surface area contributed by atoms with Crippen molar-refractivity contribution in [2.75, 3.05) is 61.9 Å². The van der Waals surface area contributed by atoms with E-state index < -0.39 is 6.10 Å². The van der Waals surface area contributed by atoms with Crippen molar-refractivity contribution < 1.29 is 42.7 Å². The molecule has 10 nitrogen and oxygen atoms in total. The second-order valence-electron chi connectivity index (χ2n) is 10.7. The number of benzene rings is 2. The van der Waals surface area contributed by atoms with Crippen LogP contribution in [-0.2, 0) is 41.7 Å². The Morgan fingerprint density at radius 1 is 0.909 bits per heavy atom. The van der Waals surface area contributed by atoms with E-state index in [0.29, 0.717) is 50.8 Å². The van der Waals surface area contributed by atoms with E-state index in [9.17, 15) is 4.79 Å². The molecule has 3 rings (SSSR count). The van der Waals surface area contributed by atoms with Gasteiger partial charge in [-0.1, -0.05) is 30.4 Å². The van der Waals surface area contributed by atoms with Gasteiger partial charge in [0.05, 0.1) is 53.4 Å². The quantitative estimate of drug-likeness (QED) is 0.148. The first-order valence-electron chi connectivity index (χ1n) is 15.2. The Morgan fingerprint density at radius 2 is 1.68 bits per heavy atom. The lowest BCUT2D eigenvalue weighted by Gasteiger charge is -2.27. The van der Waals surface area contributed by atoms with Crippen LogP contribution >= 0.6 is 0 Å². The number of nitrogens with zero attached hydrogens (tertiary/aromatic N) is 1. The summed E-state index contributed by atoms with van der Waals surface area (Å²) < 4.78 is 46.3. The molecule has 1 amide bonds. The molecule has 0 N–H and O–H groups in total. The maximum absolute atomic E-state index is 12.4. The average molecular weight is 616 g/mol. The molecule has 3 atom stereocenters. The van der Waals surface area contributed by atoms with Crippen molar-refractivity contribution in [1.29, 1.82) is 0 Å². The highest BCUT2D eigenvalue weighted by Crippen LogP contribution is 2.28. The van der Waals surface area contributed by atoms with Gasteiger partial charge in [-0.25, -0.2) is 0 Å². The highest BCUT2D eigenvalue weighted by molar-refractivity contribution is 5.76. The summed E-state index contributed by atoms with van der Waals surface area (Å²) >= 11 is 0. The van der Waals surface area contributed by atoms with Gasteiger partial charge in [0, 0.05) is 27.3 Å². The number of likely N-dealkylation sites (N-methyl/N-ethyl adjacent to an activating group) is 1. The average Bonchev–Trinajstić information content (AvgIpc) is 3.06. The molecule has 1 aliphatic rings. The Labute approximate surface area is 262 Å². The summed E-state index contributed by atoms with van der Waals surface area (Å²) in [5.41, 5.74) is 1.96. The third-order valence-electron chi connectivity index (χ3n) is 7.27. The van der Waals surface area contributed by atoms with Gasteiger partial charge in [0.25, 0.3) is 0 Å². The predicted octanol–water partition coefficient (Wildman–Crippen LogP) is 5.17. The molecule has 1 unspecified atom stereocenters. The summed E-state index contributed by atoms with van der Waals surface area (Å²) in [5, 5.41) is 0. The molecule has 0 bridgehead atoms. The molecule has 1 aliphatic heterocycles. The van der Waals surface area contributed by atoms with E-state index in [0.717, 1.165) is 42.7 Å². The van der Waals surface area contributed by atoms with Crippen LogP contribution in [0.5, 0.6) is 17.2 Å². The zero-order valence-corrected chi connectivity index (χ0v) is 26.8. The number of rotatable bonds is 20. The fourth-order valence-electron chi connectivity index (χ4n) is 4.60. The molecule has 244 valence electrons. The minimum atomic E-state index is -0.401. The van der Waals surface area contributed by atoms with E-state index in [4.69, 9.17) is 37.9 Å². The van der Waals surface area contributed by atoms with Crippen LogP contribution in [0.2, 0.25) is 0 Å². The molecule has 1 saturated heterocycles. The van der Waals surface area contributed by atoms with Gasteiger partial charge in [-0.05, 0) is 67.5 Å². The molecule has 2 aromatic rings. The third kappa shape index (κ3) is 12.5. The van der Waals surface area contributed by atoms with Crippen molar-refractivity contribution >= 4 is 5.91 Å². The van der Waals surface area contributed by atoms with Crippen molar-refractivity contribution in [3.05, 3.63) is 65.7 Å². The van der Waals surface area contributed by atoms with Crippen LogP contribution in [0.25, 0.3) is 0 Å². The summed E-state index contributed by atoms with van der Waals surface area (Å²) in [6, 6.07) is 13.5. The number of carbonyl (C=O) groups is 1. The smallest absolute Gasteiger partial charge is 0.248 e. The molecule has 10 heteroatoms. The Kier molecular flexibility index (Phi) is 16.1. The lowest BCUT2D eigenvalue weighted by Crippen LogP contribution is -2.36. The largest absolute Gasteiger partial charge is 0.497 e. The standard InChI is InChI=1S/C34H49NO9/c1-35(2)33(36)25-44-31(18-21-40-23-26-12-15-28(37-3)16-13-26)30(10-6-8-19-41-34-11-7-9-20-42-34)43-24-27-14-17-29(38-4)32(22-27)39-5/h6,8,12-17,22,30-31,34H,7,9-11,18-21,23-25H2,1-5H3/b8-6-/t30-,31+,34?/m1/s1. The van der Waals surface area contributed by atoms with Crippen LogP contribution in [0.3, 0.4) is 0 Å². The maximum Gasteiger partial charge on any atom is 0.248 e. The second kappa shape index (κ2) is 20.0. The van der Waals surface area contributed by atoms with Gasteiger partial charge in [-0.2, -0.15) is 0 Å². The summed E-state index contributed by atoms with van der Waals surface area (Å²) in [6.07, 6.45) is 7.31. The second-order valence-corrected chi connectivity index (χ2v) is 10.7. The molecule has 2 aromatic carbocycles.